The van der Waals surface area contributed by atoms with Crippen LogP contribution in [0.1, 0.15) is 21.9 Å². The summed E-state index contributed by atoms with van der Waals surface area (Å²) in [6.45, 7) is -0.0472. The van der Waals surface area contributed by atoms with Crippen molar-refractivity contribution in [2.75, 3.05) is 19.5 Å². The van der Waals surface area contributed by atoms with Gasteiger partial charge in [-0.05, 0) is 48.5 Å². The van der Waals surface area contributed by atoms with Gasteiger partial charge in [0.05, 0.1) is 27.0 Å². The molecule has 0 aliphatic rings. The van der Waals surface area contributed by atoms with Crippen LogP contribution in [0.15, 0.2) is 58.0 Å². The van der Waals surface area contributed by atoms with Crippen molar-refractivity contribution in [1.82, 2.24) is 10.7 Å². The number of ether oxygens (including phenoxy) is 2. The number of carbonyl (C=O) groups is 3. The first-order valence-corrected chi connectivity index (χ1v) is 10.7. The van der Waals surface area contributed by atoms with Crippen LogP contribution < -0.4 is 25.5 Å². The number of hydrogen-bond donors (Lipinski definition) is 3. The fourth-order valence-corrected chi connectivity index (χ4v) is 3.34. The van der Waals surface area contributed by atoms with Crippen LogP contribution in [0, 0.1) is 0 Å². The van der Waals surface area contributed by atoms with Gasteiger partial charge in [0.15, 0.2) is 11.5 Å². The molecule has 3 N–H and O–H groups in total. The molecule has 0 fully saturated rings. The molecule has 0 radical (unpaired) electrons. The van der Waals surface area contributed by atoms with Gasteiger partial charge in [-0.3, -0.25) is 14.4 Å². The predicted molar refractivity (Wildman–Crippen MR) is 130 cm³/mol. The number of benzene rings is 2. The van der Waals surface area contributed by atoms with E-state index in [1.54, 1.807) is 24.3 Å². The second-order valence-corrected chi connectivity index (χ2v) is 7.74. The quantitative estimate of drug-likeness (QED) is 0.237. The number of carbonyl (C=O) groups excluding carboxylic acids is 3. The number of nitrogens with zero attached hydrogens (tertiary/aromatic N) is 1. The highest BCUT2D eigenvalue weighted by Gasteiger charge is 2.15. The summed E-state index contributed by atoms with van der Waals surface area (Å²) in [5, 5.41) is 9.32. The topological polar surface area (TPSA) is 131 Å². The van der Waals surface area contributed by atoms with Gasteiger partial charge >= 0.3 is 11.8 Å². The molecule has 0 saturated heterocycles. The van der Waals surface area contributed by atoms with Gasteiger partial charge in [0.1, 0.15) is 11.5 Å². The molecule has 0 unspecified atom stereocenters. The van der Waals surface area contributed by atoms with Crippen LogP contribution in [0.25, 0.3) is 0 Å². The Balaban J connectivity index is 1.49. The van der Waals surface area contributed by atoms with Crippen molar-refractivity contribution in [2.24, 2.45) is 5.10 Å². The van der Waals surface area contributed by atoms with E-state index in [9.17, 15) is 14.4 Å². The number of hydrogen-bond acceptors (Lipinski definition) is 7. The maximum Gasteiger partial charge on any atom is 0.313 e. The Kier molecular flexibility index (Phi) is 8.71. The summed E-state index contributed by atoms with van der Waals surface area (Å²) in [6, 6.07) is 12.3. The number of methoxy groups -OCH3 is 2. The molecule has 182 valence electrons. The van der Waals surface area contributed by atoms with E-state index in [1.807, 2.05) is 0 Å². The highest BCUT2D eigenvalue weighted by Crippen LogP contribution is 2.27. The van der Waals surface area contributed by atoms with Crippen LogP contribution in [0.2, 0.25) is 10.0 Å². The molecule has 1 aromatic heterocycles. The fourth-order valence-electron chi connectivity index (χ4n) is 2.82. The zero-order valence-corrected chi connectivity index (χ0v) is 20.1. The first-order valence-electron chi connectivity index (χ1n) is 9.98. The average molecular weight is 519 g/mol. The van der Waals surface area contributed by atoms with E-state index in [0.717, 1.165) is 0 Å². The first-order chi connectivity index (χ1) is 16.8. The third-order valence-corrected chi connectivity index (χ3v) is 4.87. The number of nitrogens with one attached hydrogen (secondary N) is 3. The normalized spacial score (nSPS) is 10.6. The van der Waals surface area contributed by atoms with Crippen molar-refractivity contribution in [3.63, 3.8) is 0 Å². The summed E-state index contributed by atoms with van der Waals surface area (Å²) < 4.78 is 15.8. The largest absolute Gasteiger partial charge is 0.493 e. The van der Waals surface area contributed by atoms with E-state index in [-0.39, 0.29) is 12.2 Å². The third-order valence-electron chi connectivity index (χ3n) is 4.44. The molecule has 0 aliphatic carbocycles. The molecule has 1 heterocycles. The molecule has 0 saturated carbocycles. The lowest BCUT2D eigenvalue weighted by Gasteiger charge is -2.08. The second-order valence-electron chi connectivity index (χ2n) is 6.87. The van der Waals surface area contributed by atoms with Crippen molar-refractivity contribution in [1.29, 1.82) is 0 Å². The van der Waals surface area contributed by atoms with E-state index < -0.39 is 17.7 Å². The third kappa shape index (κ3) is 7.23. The van der Waals surface area contributed by atoms with Crippen LogP contribution in [0.3, 0.4) is 0 Å². The van der Waals surface area contributed by atoms with Gasteiger partial charge in [-0.1, -0.05) is 23.2 Å². The van der Waals surface area contributed by atoms with Gasteiger partial charge in [-0.15, -0.1) is 0 Å². The number of amides is 3. The van der Waals surface area contributed by atoms with Gasteiger partial charge in [0.2, 0.25) is 0 Å². The van der Waals surface area contributed by atoms with Crippen LogP contribution >= 0.6 is 23.2 Å². The van der Waals surface area contributed by atoms with Gasteiger partial charge in [0.25, 0.3) is 5.91 Å². The van der Waals surface area contributed by atoms with Crippen molar-refractivity contribution in [2.45, 2.75) is 6.54 Å². The van der Waals surface area contributed by atoms with Gasteiger partial charge in [-0.25, -0.2) is 5.43 Å². The monoisotopic (exact) mass is 518 g/mol. The molecule has 2 aromatic carbocycles. The lowest BCUT2D eigenvalue weighted by molar-refractivity contribution is -0.136. The SMILES string of the molecule is COc1ccc(C(=O)N/N=C\c2ccc(CNC(=O)C(=O)Nc3cc(Cl)cc(Cl)c3)o2)cc1OC. The smallest absolute Gasteiger partial charge is 0.313 e. The highest BCUT2D eigenvalue weighted by atomic mass is 35.5. The summed E-state index contributed by atoms with van der Waals surface area (Å²) in [7, 11) is 2.97. The fraction of sp³-hybridized carbons (Fsp3) is 0.130. The molecule has 0 atom stereocenters. The summed E-state index contributed by atoms with van der Waals surface area (Å²) in [5.74, 6) is -0.650. The van der Waals surface area contributed by atoms with Gasteiger partial charge in [0, 0.05) is 21.3 Å². The lowest BCUT2D eigenvalue weighted by Crippen LogP contribution is -2.34. The van der Waals surface area contributed by atoms with Gasteiger partial charge < -0.3 is 24.5 Å². The Morgan fingerprint density at radius 2 is 1.66 bits per heavy atom. The van der Waals surface area contributed by atoms with Crippen molar-refractivity contribution in [3.8, 4) is 11.5 Å². The van der Waals surface area contributed by atoms with Crippen LogP contribution in [-0.4, -0.2) is 38.2 Å². The summed E-state index contributed by atoms with van der Waals surface area (Å²) >= 11 is 11.7. The maximum absolute atomic E-state index is 12.3. The van der Waals surface area contributed by atoms with Crippen LogP contribution in [0.5, 0.6) is 11.5 Å². The van der Waals surface area contributed by atoms with Crippen molar-refractivity contribution in [3.05, 3.63) is 75.7 Å². The first kappa shape index (κ1) is 25.6. The summed E-state index contributed by atoms with van der Waals surface area (Å²) in [6.07, 6.45) is 1.29. The van der Waals surface area contributed by atoms with Crippen molar-refractivity contribution >= 4 is 52.8 Å². The second kappa shape index (κ2) is 11.9. The van der Waals surface area contributed by atoms with E-state index in [0.29, 0.717) is 38.6 Å². The molecule has 10 nitrogen and oxygen atoms in total. The van der Waals surface area contributed by atoms with Crippen molar-refractivity contribution < 1.29 is 28.3 Å². The molecular weight excluding hydrogens is 499 g/mol. The molecule has 3 aromatic rings. The van der Waals surface area contributed by atoms with E-state index in [4.69, 9.17) is 37.1 Å². The number of halogens is 2. The maximum atomic E-state index is 12.3. The lowest BCUT2D eigenvalue weighted by atomic mass is 10.2. The van der Waals surface area contributed by atoms with Gasteiger partial charge in [-0.2, -0.15) is 5.10 Å². The van der Waals surface area contributed by atoms with E-state index >= 15 is 0 Å². The Morgan fingerprint density at radius 1 is 0.943 bits per heavy atom. The molecule has 35 heavy (non-hydrogen) atoms. The number of furan rings is 1. The minimum Gasteiger partial charge on any atom is -0.493 e. The minimum absolute atomic E-state index is 0.0472. The summed E-state index contributed by atoms with van der Waals surface area (Å²) in [5.41, 5.74) is 2.98. The number of rotatable bonds is 8. The Morgan fingerprint density at radius 3 is 2.34 bits per heavy atom. The number of anilines is 1. The van der Waals surface area contributed by atoms with Crippen LogP contribution in [0.4, 0.5) is 5.69 Å². The molecule has 3 rings (SSSR count). The number of hydrazone groups is 1. The molecule has 3 amide bonds. The predicted octanol–water partition coefficient (Wildman–Crippen LogP) is 3.62. The Bertz CT molecular complexity index is 1250. The minimum atomic E-state index is -0.894. The van der Waals surface area contributed by atoms with E-state index in [1.165, 1.54) is 44.7 Å². The zero-order chi connectivity index (χ0) is 25.4. The Labute approximate surface area is 210 Å². The molecular formula is C23H20Cl2N4O6. The van der Waals surface area contributed by atoms with E-state index in [2.05, 4.69) is 21.2 Å². The Hall–Kier alpha value is -4.02. The molecule has 0 bridgehead atoms. The van der Waals surface area contributed by atoms with Crippen LogP contribution in [-0.2, 0) is 16.1 Å². The average Bonchev–Trinajstić information content (AvgIpc) is 3.28. The molecule has 12 heteroatoms. The highest BCUT2D eigenvalue weighted by molar-refractivity contribution is 6.40. The zero-order valence-electron chi connectivity index (χ0n) is 18.6. The molecule has 0 aliphatic heterocycles. The summed E-state index contributed by atoms with van der Waals surface area (Å²) in [4.78, 5) is 36.4. The standard InChI is InChI=1S/C23H20Cl2N4O6/c1-33-19-6-3-13(7-20(19)34-2)21(30)29-27-12-18-5-4-17(35-18)11-26-22(31)23(32)28-16-9-14(24)8-15(25)10-16/h3-10,12H,11H2,1-2H3,(H,26,31)(H,28,32)(H,29,30)/b27-12-. The molecule has 0 spiro atoms.